The van der Waals surface area contributed by atoms with Crippen molar-refractivity contribution in [2.75, 3.05) is 21.3 Å². The summed E-state index contributed by atoms with van der Waals surface area (Å²) in [4.78, 5) is 15.7. The van der Waals surface area contributed by atoms with Crippen LogP contribution in [0.2, 0.25) is 0 Å². The lowest BCUT2D eigenvalue weighted by molar-refractivity contribution is -0.0432. The molecule has 0 radical (unpaired) electrons. The molecule has 0 amide bonds. The molecule has 6 heteroatoms. The molecular formula is C24H39N3O3. The fourth-order valence-electron chi connectivity index (χ4n) is 8.22. The van der Waals surface area contributed by atoms with Gasteiger partial charge in [-0.25, -0.2) is 0 Å². The Bertz CT molecular complexity index is 748. The van der Waals surface area contributed by atoms with E-state index < -0.39 is 0 Å². The molecule has 7 atom stereocenters. The van der Waals surface area contributed by atoms with Gasteiger partial charge in [-0.05, 0) is 86.9 Å². The number of fused-ring (bicyclic) bond motifs is 5. The Hall–Kier alpha value is -1.59. The van der Waals surface area contributed by atoms with Crippen LogP contribution in [0.3, 0.4) is 0 Å². The lowest BCUT2D eigenvalue weighted by Gasteiger charge is -2.60. The number of oxime groups is 3. The van der Waals surface area contributed by atoms with Gasteiger partial charge in [-0.2, -0.15) is 0 Å². The van der Waals surface area contributed by atoms with Gasteiger partial charge in [-0.15, -0.1) is 0 Å². The van der Waals surface area contributed by atoms with Crippen LogP contribution >= 0.6 is 0 Å². The molecule has 0 saturated heterocycles. The second-order valence-electron chi connectivity index (χ2n) is 10.6. The second-order valence-corrected chi connectivity index (χ2v) is 10.6. The normalized spacial score (nSPS) is 46.2. The van der Waals surface area contributed by atoms with Gasteiger partial charge in [0.2, 0.25) is 0 Å². The first kappa shape index (κ1) is 21.6. The van der Waals surface area contributed by atoms with Crippen LogP contribution in [0, 0.1) is 40.4 Å². The van der Waals surface area contributed by atoms with Crippen molar-refractivity contribution in [2.45, 2.75) is 72.1 Å². The molecule has 4 aliphatic carbocycles. The van der Waals surface area contributed by atoms with E-state index >= 15 is 0 Å². The highest BCUT2D eigenvalue weighted by atomic mass is 16.6. The summed E-state index contributed by atoms with van der Waals surface area (Å²) in [6, 6.07) is 0. The molecule has 30 heavy (non-hydrogen) atoms. The van der Waals surface area contributed by atoms with Crippen molar-refractivity contribution in [3.8, 4) is 0 Å². The SMILES string of the molecule is CON=C1CC[C@]2(C)C3C(=NOC)C[C@@]4(C)C(CC[C@@H]4C(C)=NOC)C3CC[C@H]2C1. The quantitative estimate of drug-likeness (QED) is 0.461. The van der Waals surface area contributed by atoms with Crippen molar-refractivity contribution in [3.05, 3.63) is 0 Å². The topological polar surface area (TPSA) is 64.8 Å². The predicted molar refractivity (Wildman–Crippen MR) is 120 cm³/mol. The first-order valence-corrected chi connectivity index (χ1v) is 11.7. The summed E-state index contributed by atoms with van der Waals surface area (Å²) in [5, 5.41) is 13.4. The highest BCUT2D eigenvalue weighted by Gasteiger charge is 2.63. The van der Waals surface area contributed by atoms with Gasteiger partial charge in [0, 0.05) is 11.8 Å². The molecule has 3 unspecified atom stereocenters. The van der Waals surface area contributed by atoms with Crippen LogP contribution in [-0.2, 0) is 14.5 Å². The highest BCUT2D eigenvalue weighted by Crippen LogP contribution is 2.66. The number of hydrogen-bond acceptors (Lipinski definition) is 6. The molecular weight excluding hydrogens is 378 g/mol. The standard InChI is InChI=1S/C24H39N3O3/c1-15(25-28-4)19-9-10-20-18-8-7-16-13-17(26-29-5)11-12-23(16,2)22(18)21(27-30-6)14-24(19,20)3/h16,18-20,22H,7-14H2,1-6H3/t16-,18?,19+,20?,22?,23-,24+/m0/s1. The number of rotatable bonds is 4. The van der Waals surface area contributed by atoms with Crippen molar-refractivity contribution >= 4 is 17.1 Å². The molecule has 0 spiro atoms. The molecule has 0 bridgehead atoms. The lowest BCUT2D eigenvalue weighted by atomic mass is 9.44. The van der Waals surface area contributed by atoms with Gasteiger partial charge in [-0.3, -0.25) is 0 Å². The Labute approximate surface area is 181 Å². The van der Waals surface area contributed by atoms with Crippen LogP contribution in [0.15, 0.2) is 15.5 Å². The maximum atomic E-state index is 5.44. The van der Waals surface area contributed by atoms with Crippen LogP contribution in [0.5, 0.6) is 0 Å². The summed E-state index contributed by atoms with van der Waals surface area (Å²) in [5.41, 5.74) is 4.11. The number of hydrogen-bond donors (Lipinski definition) is 0. The fourth-order valence-corrected chi connectivity index (χ4v) is 8.22. The van der Waals surface area contributed by atoms with Gasteiger partial charge in [-0.1, -0.05) is 29.3 Å². The zero-order valence-corrected chi connectivity index (χ0v) is 19.6. The predicted octanol–water partition coefficient (Wildman–Crippen LogP) is 5.28. The van der Waals surface area contributed by atoms with Crippen LogP contribution in [-0.4, -0.2) is 38.5 Å². The van der Waals surface area contributed by atoms with E-state index in [1.165, 1.54) is 43.5 Å². The zero-order valence-electron chi connectivity index (χ0n) is 19.6. The van der Waals surface area contributed by atoms with Crippen molar-refractivity contribution in [2.24, 2.45) is 55.9 Å². The summed E-state index contributed by atoms with van der Waals surface area (Å²) in [6.07, 6.45) is 9.33. The third kappa shape index (κ3) is 3.25. The van der Waals surface area contributed by atoms with Crippen LogP contribution in [0.4, 0.5) is 0 Å². The number of nitrogens with zero attached hydrogens (tertiary/aromatic N) is 3. The summed E-state index contributed by atoms with van der Waals surface area (Å²) >= 11 is 0. The van der Waals surface area contributed by atoms with Crippen molar-refractivity contribution in [3.63, 3.8) is 0 Å². The molecule has 4 saturated carbocycles. The Morgan fingerprint density at radius 3 is 2.40 bits per heavy atom. The van der Waals surface area contributed by atoms with E-state index in [1.807, 2.05) is 0 Å². The Kier molecular flexibility index (Phi) is 5.88. The highest BCUT2D eigenvalue weighted by molar-refractivity contribution is 5.92. The molecule has 0 heterocycles. The van der Waals surface area contributed by atoms with Gasteiger partial charge in [0.1, 0.15) is 21.3 Å². The minimum atomic E-state index is 0.186. The average molecular weight is 418 g/mol. The Morgan fingerprint density at radius 2 is 1.70 bits per heavy atom. The molecule has 4 rings (SSSR count). The maximum Gasteiger partial charge on any atom is 0.106 e. The van der Waals surface area contributed by atoms with E-state index in [2.05, 4.69) is 31.1 Å². The van der Waals surface area contributed by atoms with Gasteiger partial charge in [0.15, 0.2) is 0 Å². The molecule has 4 fully saturated rings. The molecule has 168 valence electrons. The van der Waals surface area contributed by atoms with E-state index in [0.29, 0.717) is 23.7 Å². The lowest BCUT2D eigenvalue weighted by Crippen LogP contribution is -2.57. The summed E-state index contributed by atoms with van der Waals surface area (Å²) in [6.45, 7) is 7.14. The van der Waals surface area contributed by atoms with Crippen LogP contribution in [0.25, 0.3) is 0 Å². The molecule has 4 aliphatic rings. The van der Waals surface area contributed by atoms with Gasteiger partial charge < -0.3 is 14.5 Å². The summed E-state index contributed by atoms with van der Waals surface area (Å²) < 4.78 is 0. The minimum absolute atomic E-state index is 0.186. The van der Waals surface area contributed by atoms with Crippen LogP contribution in [0.1, 0.15) is 72.1 Å². The molecule has 0 aliphatic heterocycles. The smallest absolute Gasteiger partial charge is 0.106 e. The van der Waals surface area contributed by atoms with Crippen LogP contribution < -0.4 is 0 Å². The van der Waals surface area contributed by atoms with E-state index in [1.54, 1.807) is 21.3 Å². The van der Waals surface area contributed by atoms with E-state index in [-0.39, 0.29) is 10.8 Å². The van der Waals surface area contributed by atoms with Crippen molar-refractivity contribution in [1.82, 2.24) is 0 Å². The molecule has 6 nitrogen and oxygen atoms in total. The largest absolute Gasteiger partial charge is 0.399 e. The summed E-state index contributed by atoms with van der Waals surface area (Å²) in [5.74, 6) is 3.03. The molecule has 0 aromatic heterocycles. The fraction of sp³-hybridized carbons (Fsp3) is 0.875. The molecule has 0 aromatic carbocycles. The monoisotopic (exact) mass is 417 g/mol. The first-order valence-electron chi connectivity index (χ1n) is 11.7. The molecule has 0 N–H and O–H groups in total. The Balaban J connectivity index is 1.69. The van der Waals surface area contributed by atoms with E-state index in [9.17, 15) is 0 Å². The van der Waals surface area contributed by atoms with Crippen molar-refractivity contribution < 1.29 is 14.5 Å². The van der Waals surface area contributed by atoms with E-state index in [4.69, 9.17) is 19.7 Å². The first-order chi connectivity index (χ1) is 14.4. The minimum Gasteiger partial charge on any atom is -0.399 e. The maximum absolute atomic E-state index is 5.44. The van der Waals surface area contributed by atoms with Gasteiger partial charge in [0.25, 0.3) is 0 Å². The third-order valence-corrected chi connectivity index (χ3v) is 9.37. The summed E-state index contributed by atoms with van der Waals surface area (Å²) in [7, 11) is 5.01. The van der Waals surface area contributed by atoms with Crippen molar-refractivity contribution in [1.29, 1.82) is 0 Å². The van der Waals surface area contributed by atoms with Gasteiger partial charge >= 0.3 is 0 Å². The third-order valence-electron chi connectivity index (χ3n) is 9.37. The Morgan fingerprint density at radius 1 is 0.933 bits per heavy atom. The van der Waals surface area contributed by atoms with E-state index in [0.717, 1.165) is 30.9 Å². The second kappa shape index (κ2) is 8.16. The van der Waals surface area contributed by atoms with Gasteiger partial charge in [0.05, 0.1) is 17.1 Å². The molecule has 0 aromatic rings. The zero-order chi connectivity index (χ0) is 21.5. The average Bonchev–Trinajstić information content (AvgIpc) is 3.05.